The van der Waals surface area contributed by atoms with Gasteiger partial charge >= 0.3 is 0 Å². The summed E-state index contributed by atoms with van der Waals surface area (Å²) in [6.45, 7) is 0. The molecule has 1 N–H and O–H groups in total. The Morgan fingerprint density at radius 1 is 1.77 bits per heavy atom. The minimum absolute atomic E-state index is 0.270. The Hall–Kier alpha value is -1.91. The van der Waals surface area contributed by atoms with Gasteiger partial charge in [0.1, 0.15) is 13.4 Å². The van der Waals surface area contributed by atoms with Gasteiger partial charge in [0.05, 0.1) is 5.56 Å². The Labute approximate surface area is 75.4 Å². The van der Waals surface area contributed by atoms with Crippen LogP contribution in [0.1, 0.15) is 10.4 Å². The van der Waals surface area contributed by atoms with Crippen LogP contribution in [-0.2, 0) is 4.84 Å². The van der Waals surface area contributed by atoms with Crippen LogP contribution in [0.2, 0.25) is 0 Å². The van der Waals surface area contributed by atoms with Crippen LogP contribution in [0.25, 0.3) is 0 Å². The summed E-state index contributed by atoms with van der Waals surface area (Å²) in [5, 5.41) is 5.76. The van der Waals surface area contributed by atoms with Gasteiger partial charge in [-0.3, -0.25) is 9.78 Å². The van der Waals surface area contributed by atoms with E-state index in [0.29, 0.717) is 5.56 Å². The lowest BCUT2D eigenvalue weighted by Gasteiger charge is -1.96. The predicted octanol–water partition coefficient (Wildman–Crippen LogP) is 0.401. The van der Waals surface area contributed by atoms with Crippen molar-refractivity contribution in [2.45, 2.75) is 0 Å². The molecule has 5 heteroatoms. The molecule has 0 radical (unpaired) electrons. The molecule has 0 aliphatic carbocycles. The summed E-state index contributed by atoms with van der Waals surface area (Å²) >= 11 is 0. The molecular weight excluding hydrogens is 170 g/mol. The van der Waals surface area contributed by atoms with Crippen LogP contribution in [0.4, 0.5) is 0 Å². The summed E-state index contributed by atoms with van der Waals surface area (Å²) in [5.74, 6) is -0.270. The summed E-state index contributed by atoms with van der Waals surface area (Å²) in [4.78, 5) is 19.4. The number of hydrogen-bond donors (Lipinski definition) is 1. The standard InChI is InChI=1S/C8H9N3O2/c1-13-11-6-10-8(12)7-3-2-4-9-5-7/h2-6H,1H3,(H,10,11,12). The van der Waals surface area contributed by atoms with E-state index in [1.807, 2.05) is 0 Å². The third-order valence-electron chi connectivity index (χ3n) is 1.28. The first kappa shape index (κ1) is 9.18. The maximum atomic E-state index is 11.2. The Kier molecular flexibility index (Phi) is 3.44. The molecule has 0 aromatic carbocycles. The average molecular weight is 179 g/mol. The number of nitrogens with zero attached hydrogens (tertiary/aromatic N) is 2. The fourth-order valence-electron chi connectivity index (χ4n) is 0.718. The highest BCUT2D eigenvalue weighted by Crippen LogP contribution is 1.93. The van der Waals surface area contributed by atoms with Crippen LogP contribution in [-0.4, -0.2) is 24.3 Å². The van der Waals surface area contributed by atoms with E-state index in [9.17, 15) is 4.79 Å². The van der Waals surface area contributed by atoms with Gasteiger partial charge in [-0.2, -0.15) is 0 Å². The third-order valence-corrected chi connectivity index (χ3v) is 1.28. The van der Waals surface area contributed by atoms with Gasteiger partial charge < -0.3 is 10.2 Å². The van der Waals surface area contributed by atoms with E-state index >= 15 is 0 Å². The maximum Gasteiger partial charge on any atom is 0.258 e. The summed E-state index contributed by atoms with van der Waals surface area (Å²) in [7, 11) is 1.40. The summed E-state index contributed by atoms with van der Waals surface area (Å²) in [6, 6.07) is 3.34. The SMILES string of the molecule is CO/N=C/NC(=O)c1cccnc1. The molecule has 1 rings (SSSR count). The van der Waals surface area contributed by atoms with Crippen molar-refractivity contribution in [1.29, 1.82) is 0 Å². The molecule has 68 valence electrons. The Bertz CT molecular complexity index is 298. The van der Waals surface area contributed by atoms with E-state index in [-0.39, 0.29) is 5.91 Å². The fraction of sp³-hybridized carbons (Fsp3) is 0.125. The highest BCUT2D eigenvalue weighted by atomic mass is 16.6. The Morgan fingerprint density at radius 3 is 3.23 bits per heavy atom. The minimum atomic E-state index is -0.270. The molecule has 0 bridgehead atoms. The molecule has 0 fully saturated rings. The molecule has 0 unspecified atom stereocenters. The second kappa shape index (κ2) is 4.87. The number of oxime groups is 1. The summed E-state index contributed by atoms with van der Waals surface area (Å²) < 4.78 is 0. The average Bonchev–Trinajstić information content (AvgIpc) is 2.19. The van der Waals surface area contributed by atoms with Gasteiger partial charge in [-0.1, -0.05) is 5.16 Å². The van der Waals surface area contributed by atoms with Crippen LogP contribution < -0.4 is 5.32 Å². The van der Waals surface area contributed by atoms with Gasteiger partial charge in [-0.15, -0.1) is 0 Å². The first-order valence-corrected chi connectivity index (χ1v) is 3.60. The van der Waals surface area contributed by atoms with Gasteiger partial charge in [0.2, 0.25) is 0 Å². The van der Waals surface area contributed by atoms with Crippen molar-refractivity contribution in [1.82, 2.24) is 10.3 Å². The largest absolute Gasteiger partial charge is 0.398 e. The van der Waals surface area contributed by atoms with Crippen molar-refractivity contribution >= 4 is 12.2 Å². The number of amides is 1. The number of pyridine rings is 1. The number of rotatable bonds is 3. The second-order valence-corrected chi connectivity index (χ2v) is 2.13. The van der Waals surface area contributed by atoms with E-state index in [1.165, 1.54) is 19.6 Å². The van der Waals surface area contributed by atoms with Crippen molar-refractivity contribution < 1.29 is 9.63 Å². The topological polar surface area (TPSA) is 63.6 Å². The highest BCUT2D eigenvalue weighted by Gasteiger charge is 2.01. The predicted molar refractivity (Wildman–Crippen MR) is 47.2 cm³/mol. The van der Waals surface area contributed by atoms with Gasteiger partial charge in [0.15, 0.2) is 0 Å². The maximum absolute atomic E-state index is 11.2. The number of carbonyl (C=O) groups excluding carboxylic acids is 1. The molecule has 13 heavy (non-hydrogen) atoms. The first-order chi connectivity index (χ1) is 6.34. The van der Waals surface area contributed by atoms with Crippen LogP contribution in [0.3, 0.4) is 0 Å². The van der Waals surface area contributed by atoms with Crippen LogP contribution in [0.15, 0.2) is 29.7 Å². The quantitative estimate of drug-likeness (QED) is 0.415. The lowest BCUT2D eigenvalue weighted by Crippen LogP contribution is -2.21. The number of hydrogen-bond acceptors (Lipinski definition) is 4. The zero-order valence-corrected chi connectivity index (χ0v) is 7.10. The van der Waals surface area contributed by atoms with Gasteiger partial charge in [0.25, 0.3) is 5.91 Å². The molecule has 0 saturated heterocycles. The lowest BCUT2D eigenvalue weighted by molar-refractivity contribution is 0.0976. The van der Waals surface area contributed by atoms with Gasteiger partial charge in [-0.05, 0) is 12.1 Å². The molecule has 1 amide bonds. The lowest BCUT2D eigenvalue weighted by atomic mass is 10.3. The Balaban J connectivity index is 2.54. The van der Waals surface area contributed by atoms with Crippen molar-refractivity contribution in [2.75, 3.05) is 7.11 Å². The summed E-state index contributed by atoms with van der Waals surface area (Å²) in [5.41, 5.74) is 0.477. The van der Waals surface area contributed by atoms with Crippen molar-refractivity contribution in [3.8, 4) is 0 Å². The van der Waals surface area contributed by atoms with E-state index in [0.717, 1.165) is 0 Å². The highest BCUT2D eigenvalue weighted by molar-refractivity contribution is 6.00. The van der Waals surface area contributed by atoms with E-state index in [4.69, 9.17) is 0 Å². The zero-order chi connectivity index (χ0) is 9.52. The molecule has 0 spiro atoms. The van der Waals surface area contributed by atoms with Crippen molar-refractivity contribution in [3.63, 3.8) is 0 Å². The minimum Gasteiger partial charge on any atom is -0.398 e. The molecular formula is C8H9N3O2. The van der Waals surface area contributed by atoms with E-state index in [2.05, 4.69) is 20.3 Å². The van der Waals surface area contributed by atoms with Gasteiger partial charge in [-0.25, -0.2) is 0 Å². The molecule has 1 aromatic heterocycles. The zero-order valence-electron chi connectivity index (χ0n) is 7.10. The molecule has 0 saturated carbocycles. The normalized spacial score (nSPS) is 9.92. The third kappa shape index (κ3) is 2.90. The smallest absolute Gasteiger partial charge is 0.258 e. The van der Waals surface area contributed by atoms with Crippen molar-refractivity contribution in [3.05, 3.63) is 30.1 Å². The number of carbonyl (C=O) groups is 1. The summed E-state index contributed by atoms with van der Waals surface area (Å²) in [6.07, 6.45) is 4.24. The molecule has 1 aromatic rings. The van der Waals surface area contributed by atoms with E-state index in [1.54, 1.807) is 18.3 Å². The van der Waals surface area contributed by atoms with Crippen LogP contribution in [0.5, 0.6) is 0 Å². The van der Waals surface area contributed by atoms with Gasteiger partial charge in [0, 0.05) is 12.4 Å². The monoisotopic (exact) mass is 179 g/mol. The van der Waals surface area contributed by atoms with E-state index < -0.39 is 0 Å². The number of nitrogens with one attached hydrogen (secondary N) is 1. The Morgan fingerprint density at radius 2 is 2.62 bits per heavy atom. The molecule has 1 heterocycles. The van der Waals surface area contributed by atoms with Crippen molar-refractivity contribution in [2.24, 2.45) is 5.16 Å². The first-order valence-electron chi connectivity index (χ1n) is 3.60. The second-order valence-electron chi connectivity index (χ2n) is 2.13. The molecule has 0 aliphatic rings. The molecule has 0 atom stereocenters. The molecule has 5 nitrogen and oxygen atoms in total. The van der Waals surface area contributed by atoms with Crippen LogP contribution in [0, 0.1) is 0 Å². The van der Waals surface area contributed by atoms with Crippen LogP contribution >= 0.6 is 0 Å². The number of aromatic nitrogens is 1. The molecule has 0 aliphatic heterocycles. The fourth-order valence-corrected chi connectivity index (χ4v) is 0.718.